The van der Waals surface area contributed by atoms with Crippen LogP contribution >= 0.6 is 22.6 Å². The van der Waals surface area contributed by atoms with Crippen LogP contribution < -0.4 is 0 Å². The maximum atomic E-state index is 13.4. The van der Waals surface area contributed by atoms with Crippen molar-refractivity contribution in [1.29, 1.82) is 0 Å². The fourth-order valence-electron chi connectivity index (χ4n) is 5.76. The van der Waals surface area contributed by atoms with Crippen LogP contribution in [0.1, 0.15) is 88.6 Å². The molecule has 0 bridgehead atoms. The van der Waals surface area contributed by atoms with E-state index in [1.54, 1.807) is 12.4 Å². The quantitative estimate of drug-likeness (QED) is 0.223. The first-order valence-electron chi connectivity index (χ1n) is 17.1. The Bertz CT molecular complexity index is 1750. The Morgan fingerprint density at radius 3 is 1.22 bits per heavy atom. The van der Waals surface area contributed by atoms with Gasteiger partial charge in [0.15, 0.2) is 11.6 Å². The summed E-state index contributed by atoms with van der Waals surface area (Å²) in [6, 6.07) is 12.1. The van der Waals surface area contributed by atoms with E-state index < -0.39 is 0 Å². The van der Waals surface area contributed by atoms with Crippen LogP contribution in [0, 0.1) is 32.2 Å². The summed E-state index contributed by atoms with van der Waals surface area (Å²) in [6.45, 7) is 26.7. The van der Waals surface area contributed by atoms with Gasteiger partial charge in [0.2, 0.25) is 0 Å². The van der Waals surface area contributed by atoms with Gasteiger partial charge in [-0.25, -0.2) is 0 Å². The lowest BCUT2D eigenvalue weighted by atomic mass is 9.72. The van der Waals surface area contributed by atoms with Gasteiger partial charge in [0.05, 0.1) is 23.8 Å². The van der Waals surface area contributed by atoms with Gasteiger partial charge in [-0.15, -0.1) is 0 Å². The number of halogens is 1. The lowest BCUT2D eigenvalue weighted by Gasteiger charge is -2.31. The standard InChI is InChI=1S/C43H51IN4O2/c1-26-14-16-36(47-45-24-27-19-32(40(2,3)4)38(49)33(20-27)41(5,6)7)30(18-26)31-23-29(44)15-17-37(31)48-46-25-28-21-34(42(8,9)10)39(50)35(22-28)43(11,12)13/h14-25H,1-13H3. The SMILES string of the molecule is Cc1ccc(N=NC=C2C=C(C(C)(C)C)C(=O)C(C(C)(C)C)=C2)c(-c2cc(I)ccc2N=NC=C2C=C(C(C)(C)C)C(=O)C(C(C)(C)C)=C2)c1. The highest BCUT2D eigenvalue weighted by Gasteiger charge is 2.35. The second-order valence-electron chi connectivity index (χ2n) is 17.3. The first-order valence-corrected chi connectivity index (χ1v) is 18.2. The number of hydrogen-bond donors (Lipinski definition) is 0. The van der Waals surface area contributed by atoms with Crippen molar-refractivity contribution in [2.45, 2.75) is 90.0 Å². The lowest BCUT2D eigenvalue weighted by molar-refractivity contribution is -0.114. The van der Waals surface area contributed by atoms with Crippen molar-refractivity contribution in [3.8, 4) is 11.1 Å². The average molecular weight is 783 g/mol. The smallest absolute Gasteiger partial charge is 0.186 e. The minimum absolute atomic E-state index is 0.0871. The zero-order chi connectivity index (χ0) is 37.4. The van der Waals surface area contributed by atoms with Crippen LogP contribution in [0.15, 0.2) is 127 Å². The molecular weight excluding hydrogens is 731 g/mol. The van der Waals surface area contributed by atoms with Crippen LogP contribution in [0.2, 0.25) is 0 Å². The van der Waals surface area contributed by atoms with Crippen molar-refractivity contribution in [2.75, 3.05) is 0 Å². The van der Waals surface area contributed by atoms with E-state index in [1.807, 2.05) is 55.5 Å². The molecule has 2 aromatic carbocycles. The van der Waals surface area contributed by atoms with Crippen molar-refractivity contribution < 1.29 is 9.59 Å². The predicted octanol–water partition coefficient (Wildman–Crippen LogP) is 13.3. The Labute approximate surface area is 312 Å². The monoisotopic (exact) mass is 782 g/mol. The highest BCUT2D eigenvalue weighted by Crippen LogP contribution is 2.42. The third-order valence-corrected chi connectivity index (χ3v) is 9.27. The van der Waals surface area contributed by atoms with Gasteiger partial charge < -0.3 is 0 Å². The summed E-state index contributed by atoms with van der Waals surface area (Å²) in [6.07, 6.45) is 11.2. The van der Waals surface area contributed by atoms with Crippen molar-refractivity contribution in [2.24, 2.45) is 42.1 Å². The van der Waals surface area contributed by atoms with E-state index in [4.69, 9.17) is 0 Å². The molecule has 2 aliphatic carbocycles. The Hall–Kier alpha value is -3.85. The number of carbonyl (C=O) groups is 2. The summed E-state index contributed by atoms with van der Waals surface area (Å²) >= 11 is 2.30. The molecule has 0 unspecified atom stereocenters. The molecule has 50 heavy (non-hydrogen) atoms. The zero-order valence-electron chi connectivity index (χ0n) is 31.9. The van der Waals surface area contributed by atoms with Crippen molar-refractivity contribution in [3.05, 3.63) is 116 Å². The highest BCUT2D eigenvalue weighted by molar-refractivity contribution is 14.1. The number of rotatable bonds is 5. The second-order valence-corrected chi connectivity index (χ2v) is 18.5. The summed E-state index contributed by atoms with van der Waals surface area (Å²) in [5.74, 6) is 0.174. The molecule has 0 spiro atoms. The molecule has 0 atom stereocenters. The number of nitrogens with zero attached hydrogens (tertiary/aromatic N) is 4. The molecule has 0 radical (unpaired) electrons. The maximum absolute atomic E-state index is 13.4. The first kappa shape index (κ1) is 38.9. The van der Waals surface area contributed by atoms with Crippen molar-refractivity contribution in [1.82, 2.24) is 0 Å². The van der Waals surface area contributed by atoms with Crippen LogP contribution in [0.5, 0.6) is 0 Å². The maximum Gasteiger partial charge on any atom is 0.186 e. The van der Waals surface area contributed by atoms with E-state index in [0.717, 1.165) is 53.7 Å². The number of Topliss-reactive ketones (excluding diaryl/α,β-unsaturated/α-hetero) is 2. The lowest BCUT2D eigenvalue weighted by Crippen LogP contribution is -2.27. The molecule has 4 rings (SSSR count). The van der Waals surface area contributed by atoms with Crippen LogP contribution in [0.25, 0.3) is 11.1 Å². The molecule has 0 amide bonds. The largest absolute Gasteiger partial charge is 0.289 e. The molecule has 0 fully saturated rings. The van der Waals surface area contributed by atoms with Crippen molar-refractivity contribution in [3.63, 3.8) is 0 Å². The molecule has 7 heteroatoms. The van der Waals surface area contributed by atoms with Crippen LogP contribution in [-0.4, -0.2) is 11.6 Å². The Morgan fingerprint density at radius 1 is 0.520 bits per heavy atom. The van der Waals surface area contributed by atoms with Gasteiger partial charge >= 0.3 is 0 Å². The van der Waals surface area contributed by atoms with E-state index in [2.05, 4.69) is 138 Å². The summed E-state index contributed by atoms with van der Waals surface area (Å²) < 4.78 is 1.05. The Balaban J connectivity index is 1.77. The van der Waals surface area contributed by atoms with E-state index in [9.17, 15) is 9.59 Å². The Kier molecular flexibility index (Phi) is 11.2. The minimum atomic E-state index is -0.307. The average Bonchev–Trinajstić information content (AvgIpc) is 2.97. The predicted molar refractivity (Wildman–Crippen MR) is 215 cm³/mol. The summed E-state index contributed by atoms with van der Waals surface area (Å²) in [4.78, 5) is 26.8. The molecule has 0 aliphatic heterocycles. The van der Waals surface area contributed by atoms with E-state index in [0.29, 0.717) is 11.4 Å². The summed E-state index contributed by atoms with van der Waals surface area (Å²) in [5.41, 5.74) is 7.74. The van der Waals surface area contributed by atoms with Crippen LogP contribution in [0.3, 0.4) is 0 Å². The number of hydrogen-bond acceptors (Lipinski definition) is 6. The number of carbonyl (C=O) groups excluding carboxylic acids is 2. The summed E-state index contributed by atoms with van der Waals surface area (Å²) in [5, 5.41) is 18.4. The molecule has 2 aliphatic rings. The minimum Gasteiger partial charge on any atom is -0.289 e. The fourth-order valence-corrected chi connectivity index (χ4v) is 6.25. The Morgan fingerprint density at radius 2 is 0.860 bits per heavy atom. The molecule has 6 nitrogen and oxygen atoms in total. The molecule has 0 saturated heterocycles. The van der Waals surface area contributed by atoms with E-state index in [-0.39, 0.29) is 33.2 Å². The molecule has 2 aromatic rings. The third-order valence-electron chi connectivity index (χ3n) is 8.60. The second kappa shape index (κ2) is 14.4. The zero-order valence-corrected chi connectivity index (χ0v) is 34.1. The van der Waals surface area contributed by atoms with E-state index >= 15 is 0 Å². The summed E-state index contributed by atoms with van der Waals surface area (Å²) in [7, 11) is 0. The first-order chi connectivity index (χ1) is 23.0. The van der Waals surface area contributed by atoms with Crippen LogP contribution in [-0.2, 0) is 9.59 Å². The van der Waals surface area contributed by atoms with Crippen LogP contribution in [0.4, 0.5) is 11.4 Å². The molecule has 262 valence electrons. The van der Waals surface area contributed by atoms with Crippen molar-refractivity contribution >= 4 is 45.5 Å². The number of azo groups is 2. The number of allylic oxidation sites excluding steroid dienone is 10. The van der Waals surface area contributed by atoms with Gasteiger partial charge in [-0.1, -0.05) is 94.7 Å². The van der Waals surface area contributed by atoms with Gasteiger partial charge in [0.1, 0.15) is 0 Å². The normalized spacial score (nSPS) is 16.5. The molecule has 0 aromatic heterocycles. The number of ketones is 2. The molecule has 0 saturated carbocycles. The molecule has 0 N–H and O–H groups in total. The molecular formula is C43H51IN4O2. The fraction of sp³-hybridized carbons (Fsp3) is 0.395. The topological polar surface area (TPSA) is 83.6 Å². The van der Waals surface area contributed by atoms with Gasteiger partial charge in [0.25, 0.3) is 0 Å². The van der Waals surface area contributed by atoms with Gasteiger partial charge in [-0.05, 0) is 117 Å². The third kappa shape index (κ3) is 9.27. The number of benzene rings is 2. The highest BCUT2D eigenvalue weighted by atomic mass is 127. The van der Waals surface area contributed by atoms with Gasteiger partial charge in [0, 0.05) is 37.0 Å². The number of aryl methyl sites for hydroxylation is 1. The molecule has 0 heterocycles. The van der Waals surface area contributed by atoms with Gasteiger partial charge in [-0.2, -0.15) is 20.5 Å². The van der Waals surface area contributed by atoms with Gasteiger partial charge in [-0.3, -0.25) is 9.59 Å². The van der Waals surface area contributed by atoms with E-state index in [1.165, 1.54) is 0 Å².